The monoisotopic (exact) mass is 204 g/mol. The Hall–Kier alpha value is -1.48. The molecule has 0 radical (unpaired) electrons. The third kappa shape index (κ3) is 2.30. The number of amides is 1. The first-order valence-electron chi connectivity index (χ1n) is 5.17. The van der Waals surface area contributed by atoms with Crippen LogP contribution in [0, 0.1) is 29.1 Å². The zero-order valence-corrected chi connectivity index (χ0v) is 9.26. The Bertz CT molecular complexity index is 338. The fourth-order valence-electron chi connectivity index (χ4n) is 1.81. The molecule has 0 aromatic carbocycles. The number of carbonyl (C=O) groups is 1. The largest absolute Gasteiger partial charge is 0.339 e. The highest BCUT2D eigenvalue weighted by Crippen LogP contribution is 2.37. The van der Waals surface area contributed by atoms with Crippen LogP contribution in [-0.2, 0) is 4.79 Å². The molecule has 0 unspecified atom stereocenters. The molecular formula is C12H16N2O. The summed E-state index contributed by atoms with van der Waals surface area (Å²) < 4.78 is 0. The number of hydrogen-bond acceptors (Lipinski definition) is 2. The van der Waals surface area contributed by atoms with Crippen molar-refractivity contribution in [3.05, 3.63) is 0 Å². The van der Waals surface area contributed by atoms with Gasteiger partial charge in [0.05, 0.1) is 11.6 Å². The van der Waals surface area contributed by atoms with Crippen LogP contribution >= 0.6 is 0 Å². The molecule has 15 heavy (non-hydrogen) atoms. The van der Waals surface area contributed by atoms with E-state index in [-0.39, 0.29) is 5.91 Å². The first kappa shape index (κ1) is 11.6. The summed E-state index contributed by atoms with van der Waals surface area (Å²) in [6.45, 7) is 3.51. The predicted molar refractivity (Wildman–Crippen MR) is 57.6 cm³/mol. The second-order valence-electron chi connectivity index (χ2n) is 4.62. The van der Waals surface area contributed by atoms with Gasteiger partial charge in [-0.2, -0.15) is 5.26 Å². The molecule has 1 saturated carbocycles. The lowest BCUT2D eigenvalue weighted by Crippen LogP contribution is -2.48. The van der Waals surface area contributed by atoms with E-state index in [4.69, 9.17) is 11.7 Å². The molecule has 1 N–H and O–H groups in total. The maximum atomic E-state index is 11.9. The summed E-state index contributed by atoms with van der Waals surface area (Å²) in [6, 6.07) is 2.14. The summed E-state index contributed by atoms with van der Waals surface area (Å²) >= 11 is 0. The van der Waals surface area contributed by atoms with Gasteiger partial charge in [-0.3, -0.25) is 4.79 Å². The Morgan fingerprint density at radius 3 is 2.40 bits per heavy atom. The normalized spacial score (nSPS) is 18.9. The van der Waals surface area contributed by atoms with Gasteiger partial charge in [-0.25, -0.2) is 0 Å². The molecule has 0 bridgehead atoms. The van der Waals surface area contributed by atoms with Crippen LogP contribution in [0.25, 0.3) is 0 Å². The minimum Gasteiger partial charge on any atom is -0.339 e. The summed E-state index contributed by atoms with van der Waals surface area (Å²) in [4.78, 5) is 11.9. The fourth-order valence-corrected chi connectivity index (χ4v) is 1.81. The first-order valence-corrected chi connectivity index (χ1v) is 5.17. The highest BCUT2D eigenvalue weighted by molar-refractivity contribution is 5.86. The zero-order valence-electron chi connectivity index (χ0n) is 9.26. The zero-order chi connectivity index (χ0) is 11.5. The molecule has 0 heterocycles. The van der Waals surface area contributed by atoms with Crippen molar-refractivity contribution in [3.8, 4) is 18.4 Å². The number of nitrogens with one attached hydrogen (secondary N) is 1. The third-order valence-electron chi connectivity index (χ3n) is 2.89. The van der Waals surface area contributed by atoms with Crippen molar-refractivity contribution in [2.75, 3.05) is 0 Å². The van der Waals surface area contributed by atoms with E-state index in [0.717, 1.165) is 12.8 Å². The number of nitrogens with zero attached hydrogens (tertiary/aromatic N) is 1. The van der Waals surface area contributed by atoms with E-state index in [1.165, 1.54) is 0 Å². The lowest BCUT2D eigenvalue weighted by Gasteiger charge is -2.26. The molecule has 1 fully saturated rings. The predicted octanol–water partition coefficient (Wildman–Crippen LogP) is 1.60. The molecule has 0 spiro atoms. The van der Waals surface area contributed by atoms with E-state index >= 15 is 0 Å². The summed E-state index contributed by atoms with van der Waals surface area (Å²) in [6.07, 6.45) is 8.47. The third-order valence-corrected chi connectivity index (χ3v) is 2.89. The van der Waals surface area contributed by atoms with Crippen molar-refractivity contribution in [1.29, 1.82) is 5.26 Å². The molecule has 80 valence electrons. The lowest BCUT2D eigenvalue weighted by molar-refractivity contribution is -0.129. The van der Waals surface area contributed by atoms with Crippen LogP contribution in [0.4, 0.5) is 0 Å². The fraction of sp³-hybridized carbons (Fsp3) is 0.667. The highest BCUT2D eigenvalue weighted by atomic mass is 16.2. The maximum Gasteiger partial charge on any atom is 0.241 e. The minimum atomic E-state index is -0.839. The van der Waals surface area contributed by atoms with E-state index in [9.17, 15) is 4.79 Å². The number of terminal acetylenes is 1. The van der Waals surface area contributed by atoms with Gasteiger partial charge >= 0.3 is 0 Å². The van der Waals surface area contributed by atoms with Crippen molar-refractivity contribution in [2.45, 2.75) is 45.1 Å². The van der Waals surface area contributed by atoms with Gasteiger partial charge in [-0.05, 0) is 26.7 Å². The molecular weight excluding hydrogens is 188 g/mol. The van der Waals surface area contributed by atoms with E-state index in [2.05, 4.69) is 17.3 Å². The molecule has 1 rings (SSSR count). The second kappa shape index (κ2) is 3.95. The van der Waals surface area contributed by atoms with Gasteiger partial charge in [0.15, 0.2) is 0 Å². The molecule has 3 heteroatoms. The van der Waals surface area contributed by atoms with Gasteiger partial charge < -0.3 is 5.32 Å². The Labute approximate surface area is 90.9 Å². The molecule has 0 aliphatic heterocycles. The van der Waals surface area contributed by atoms with Crippen molar-refractivity contribution in [1.82, 2.24) is 5.32 Å². The van der Waals surface area contributed by atoms with Gasteiger partial charge in [-0.1, -0.05) is 18.8 Å². The summed E-state index contributed by atoms with van der Waals surface area (Å²) in [5.74, 6) is 2.28. The van der Waals surface area contributed by atoms with Crippen LogP contribution in [0.3, 0.4) is 0 Å². The molecule has 1 amide bonds. The van der Waals surface area contributed by atoms with Crippen LogP contribution in [0.1, 0.15) is 39.5 Å². The smallest absolute Gasteiger partial charge is 0.241 e. The van der Waals surface area contributed by atoms with Crippen molar-refractivity contribution < 1.29 is 4.79 Å². The Morgan fingerprint density at radius 1 is 1.47 bits per heavy atom. The number of hydrogen-bond donors (Lipinski definition) is 1. The van der Waals surface area contributed by atoms with Gasteiger partial charge in [0.2, 0.25) is 5.91 Å². The SMILES string of the molecule is C#CC(C)(C)NC(=O)C1(C#N)CCCC1. The summed E-state index contributed by atoms with van der Waals surface area (Å²) in [5.41, 5.74) is -1.52. The van der Waals surface area contributed by atoms with Gasteiger partial charge in [-0.15, -0.1) is 6.42 Å². The standard InChI is InChI=1S/C12H16N2O/c1-4-11(2,3)14-10(15)12(9-13)7-5-6-8-12/h1H,5-8H2,2-3H3,(H,14,15). The van der Waals surface area contributed by atoms with Gasteiger partial charge in [0, 0.05) is 0 Å². The quantitative estimate of drug-likeness (QED) is 0.694. The molecule has 1 aliphatic rings. The Kier molecular flexibility index (Phi) is 3.05. The molecule has 0 saturated heterocycles. The average Bonchev–Trinajstić information content (AvgIpc) is 2.66. The van der Waals surface area contributed by atoms with E-state index in [1.807, 2.05) is 0 Å². The lowest BCUT2D eigenvalue weighted by atomic mass is 9.86. The van der Waals surface area contributed by atoms with Crippen molar-refractivity contribution >= 4 is 5.91 Å². The van der Waals surface area contributed by atoms with E-state index in [1.54, 1.807) is 13.8 Å². The van der Waals surface area contributed by atoms with Crippen LogP contribution in [0.5, 0.6) is 0 Å². The van der Waals surface area contributed by atoms with Crippen LogP contribution in [-0.4, -0.2) is 11.4 Å². The van der Waals surface area contributed by atoms with Crippen molar-refractivity contribution in [2.24, 2.45) is 5.41 Å². The summed E-state index contributed by atoms with van der Waals surface area (Å²) in [7, 11) is 0. The van der Waals surface area contributed by atoms with E-state index < -0.39 is 11.0 Å². The topological polar surface area (TPSA) is 52.9 Å². The van der Waals surface area contributed by atoms with Crippen LogP contribution in [0.2, 0.25) is 0 Å². The average molecular weight is 204 g/mol. The number of nitriles is 1. The second-order valence-corrected chi connectivity index (χ2v) is 4.62. The number of rotatable bonds is 2. The van der Waals surface area contributed by atoms with E-state index in [0.29, 0.717) is 12.8 Å². The Morgan fingerprint density at radius 2 is 2.00 bits per heavy atom. The maximum absolute atomic E-state index is 11.9. The molecule has 0 aromatic rings. The summed E-state index contributed by atoms with van der Waals surface area (Å²) in [5, 5.41) is 11.8. The van der Waals surface area contributed by atoms with Crippen molar-refractivity contribution in [3.63, 3.8) is 0 Å². The molecule has 0 aromatic heterocycles. The van der Waals surface area contributed by atoms with Gasteiger partial charge in [0.25, 0.3) is 0 Å². The minimum absolute atomic E-state index is 0.217. The molecule has 0 atom stereocenters. The van der Waals surface area contributed by atoms with Crippen LogP contribution in [0.15, 0.2) is 0 Å². The highest BCUT2D eigenvalue weighted by Gasteiger charge is 2.42. The number of carbonyl (C=O) groups excluding carboxylic acids is 1. The molecule has 3 nitrogen and oxygen atoms in total. The van der Waals surface area contributed by atoms with Crippen LogP contribution < -0.4 is 5.32 Å². The Balaban J connectivity index is 2.77. The first-order chi connectivity index (χ1) is 6.96. The van der Waals surface area contributed by atoms with Gasteiger partial charge in [0.1, 0.15) is 5.41 Å². The molecule has 1 aliphatic carbocycles.